The molecule has 1 aliphatic rings. The predicted octanol–water partition coefficient (Wildman–Crippen LogP) is 5.10. The van der Waals surface area contributed by atoms with Crippen LogP contribution >= 0.6 is 11.3 Å². The van der Waals surface area contributed by atoms with Gasteiger partial charge in [-0.25, -0.2) is 14.6 Å². The molecule has 0 saturated heterocycles. The number of benzene rings is 2. The highest BCUT2D eigenvalue weighted by Crippen LogP contribution is 2.32. The number of nitrogens with one attached hydrogen (secondary N) is 1. The van der Waals surface area contributed by atoms with Crippen molar-refractivity contribution in [2.75, 3.05) is 23.4 Å². The van der Waals surface area contributed by atoms with Crippen LogP contribution in [0.2, 0.25) is 0 Å². The van der Waals surface area contributed by atoms with Gasteiger partial charge in [0.25, 0.3) is 0 Å². The molecule has 0 bridgehead atoms. The standard InChI is InChI=1S/C22H21N3O4S/c1-2-28-20(26)16-9-11-17(12-10-16)29-19-14-23-21(30-19)24-22(27)25-13-5-7-15-6-3-4-8-18(15)25/h3-4,6,8-12,14H,2,5,7,13H2,1H3,(H,23,24,27). The summed E-state index contributed by atoms with van der Waals surface area (Å²) < 4.78 is 10.7. The molecule has 0 spiro atoms. The molecule has 0 aliphatic carbocycles. The molecule has 0 unspecified atom stereocenters. The summed E-state index contributed by atoms with van der Waals surface area (Å²) in [6.45, 7) is 2.76. The van der Waals surface area contributed by atoms with Gasteiger partial charge in [0.2, 0.25) is 5.06 Å². The Bertz CT molecular complexity index is 1050. The van der Waals surface area contributed by atoms with Crippen molar-refractivity contribution in [1.82, 2.24) is 4.98 Å². The van der Waals surface area contributed by atoms with E-state index in [1.165, 1.54) is 16.9 Å². The van der Waals surface area contributed by atoms with Crippen LogP contribution in [0, 0.1) is 0 Å². The van der Waals surface area contributed by atoms with E-state index in [0.717, 1.165) is 18.5 Å². The van der Waals surface area contributed by atoms with Crippen molar-refractivity contribution in [3.05, 3.63) is 65.9 Å². The SMILES string of the molecule is CCOC(=O)c1ccc(Oc2cnc(NC(=O)N3CCCc4ccccc43)s2)cc1. The van der Waals surface area contributed by atoms with E-state index in [1.807, 2.05) is 18.2 Å². The van der Waals surface area contributed by atoms with Gasteiger partial charge >= 0.3 is 12.0 Å². The number of anilines is 2. The predicted molar refractivity (Wildman–Crippen MR) is 116 cm³/mol. The number of esters is 1. The third-order valence-electron chi connectivity index (χ3n) is 4.64. The zero-order valence-corrected chi connectivity index (χ0v) is 17.3. The second-order valence-corrected chi connectivity index (χ2v) is 7.64. The Balaban J connectivity index is 1.39. The van der Waals surface area contributed by atoms with Crippen molar-refractivity contribution in [2.45, 2.75) is 19.8 Å². The molecule has 2 amide bonds. The molecule has 0 atom stereocenters. The van der Waals surface area contributed by atoms with Crippen LogP contribution in [0.3, 0.4) is 0 Å². The van der Waals surface area contributed by atoms with Crippen LogP contribution in [0.25, 0.3) is 0 Å². The number of hydrogen-bond acceptors (Lipinski definition) is 6. The smallest absolute Gasteiger partial charge is 0.338 e. The lowest BCUT2D eigenvalue weighted by Gasteiger charge is -2.29. The average Bonchev–Trinajstić information content (AvgIpc) is 3.20. The van der Waals surface area contributed by atoms with Gasteiger partial charge in [-0.1, -0.05) is 29.5 Å². The number of rotatable bonds is 5. The van der Waals surface area contributed by atoms with Gasteiger partial charge in [0.05, 0.1) is 18.4 Å². The van der Waals surface area contributed by atoms with Gasteiger partial charge in [0.15, 0.2) is 5.13 Å². The van der Waals surface area contributed by atoms with Gasteiger partial charge < -0.3 is 9.47 Å². The maximum Gasteiger partial charge on any atom is 0.338 e. The van der Waals surface area contributed by atoms with Crippen LogP contribution in [0.4, 0.5) is 15.6 Å². The average molecular weight is 423 g/mol. The van der Waals surface area contributed by atoms with Gasteiger partial charge in [-0.05, 0) is 55.7 Å². The fraction of sp³-hybridized carbons (Fsp3) is 0.227. The molecule has 0 radical (unpaired) electrons. The Kier molecular flexibility index (Phi) is 5.94. The third kappa shape index (κ3) is 4.44. The normalized spacial score (nSPS) is 12.8. The summed E-state index contributed by atoms with van der Waals surface area (Å²) in [6.07, 6.45) is 3.46. The van der Waals surface area contributed by atoms with E-state index in [4.69, 9.17) is 9.47 Å². The number of aromatic nitrogens is 1. The maximum atomic E-state index is 12.7. The first-order valence-electron chi connectivity index (χ1n) is 9.71. The third-order valence-corrected chi connectivity index (χ3v) is 5.43. The molecular weight excluding hydrogens is 402 g/mol. The molecule has 1 aromatic heterocycles. The minimum atomic E-state index is -0.369. The lowest BCUT2D eigenvalue weighted by Crippen LogP contribution is -2.38. The van der Waals surface area contributed by atoms with E-state index in [2.05, 4.69) is 16.4 Å². The van der Waals surface area contributed by atoms with Gasteiger partial charge in [0.1, 0.15) is 5.75 Å². The number of nitrogens with zero attached hydrogens (tertiary/aromatic N) is 2. The molecule has 1 aliphatic heterocycles. The van der Waals surface area contributed by atoms with Crippen LogP contribution < -0.4 is 15.0 Å². The summed E-state index contributed by atoms with van der Waals surface area (Å²) in [6, 6.07) is 14.4. The molecule has 0 fully saturated rings. The molecule has 8 heteroatoms. The molecule has 154 valence electrons. The first kappa shape index (κ1) is 19.9. The summed E-state index contributed by atoms with van der Waals surface area (Å²) in [7, 11) is 0. The number of fused-ring (bicyclic) bond motifs is 1. The minimum absolute atomic E-state index is 0.207. The molecule has 2 heterocycles. The molecule has 7 nitrogen and oxygen atoms in total. The van der Waals surface area contributed by atoms with Crippen LogP contribution in [-0.2, 0) is 11.2 Å². The van der Waals surface area contributed by atoms with Crippen molar-refractivity contribution >= 4 is 34.2 Å². The molecule has 4 rings (SSSR count). The first-order chi connectivity index (χ1) is 14.6. The molecule has 1 N–H and O–H groups in total. The van der Waals surface area contributed by atoms with E-state index < -0.39 is 0 Å². The zero-order valence-electron chi connectivity index (χ0n) is 16.5. The number of ether oxygens (including phenoxy) is 2. The second kappa shape index (κ2) is 8.96. The number of urea groups is 1. The lowest BCUT2D eigenvalue weighted by molar-refractivity contribution is 0.0526. The van der Waals surface area contributed by atoms with E-state index in [9.17, 15) is 9.59 Å². The van der Waals surface area contributed by atoms with Crippen molar-refractivity contribution in [2.24, 2.45) is 0 Å². The summed E-state index contributed by atoms with van der Waals surface area (Å²) in [5.41, 5.74) is 2.58. The Labute approximate surface area is 178 Å². The minimum Gasteiger partial charge on any atom is -0.462 e. The van der Waals surface area contributed by atoms with Gasteiger partial charge in [-0.15, -0.1) is 0 Å². The summed E-state index contributed by atoms with van der Waals surface area (Å²) in [5, 5.41) is 3.84. The summed E-state index contributed by atoms with van der Waals surface area (Å²) in [4.78, 5) is 30.4. The fourth-order valence-corrected chi connectivity index (χ4v) is 3.94. The van der Waals surface area contributed by atoms with Gasteiger partial charge in [0, 0.05) is 12.2 Å². The molecule has 30 heavy (non-hydrogen) atoms. The quantitative estimate of drug-likeness (QED) is 0.578. The van der Waals surface area contributed by atoms with Crippen molar-refractivity contribution < 1.29 is 19.1 Å². The van der Waals surface area contributed by atoms with E-state index in [0.29, 0.717) is 34.7 Å². The fourth-order valence-electron chi connectivity index (χ4n) is 3.26. The van der Waals surface area contributed by atoms with E-state index in [1.54, 1.807) is 42.3 Å². The van der Waals surface area contributed by atoms with Crippen LogP contribution in [0.1, 0.15) is 29.3 Å². The number of thiazole rings is 1. The summed E-state index contributed by atoms with van der Waals surface area (Å²) in [5.74, 6) is 0.195. The molecule has 3 aromatic rings. The number of aryl methyl sites for hydroxylation is 1. The van der Waals surface area contributed by atoms with Gasteiger partial charge in [-0.3, -0.25) is 10.2 Å². The number of carbonyl (C=O) groups is 2. The Morgan fingerprint density at radius 1 is 1.17 bits per heavy atom. The van der Waals surface area contributed by atoms with Crippen LogP contribution in [0.15, 0.2) is 54.7 Å². The maximum absolute atomic E-state index is 12.7. The van der Waals surface area contributed by atoms with Crippen molar-refractivity contribution in [1.29, 1.82) is 0 Å². The topological polar surface area (TPSA) is 80.8 Å². The van der Waals surface area contributed by atoms with Crippen molar-refractivity contribution in [3.63, 3.8) is 0 Å². The second-order valence-electron chi connectivity index (χ2n) is 6.65. The molecule has 2 aromatic carbocycles. The number of amides is 2. The highest BCUT2D eigenvalue weighted by atomic mass is 32.1. The lowest BCUT2D eigenvalue weighted by atomic mass is 10.0. The number of para-hydroxylation sites is 1. The monoisotopic (exact) mass is 423 g/mol. The highest BCUT2D eigenvalue weighted by molar-refractivity contribution is 7.17. The summed E-state index contributed by atoms with van der Waals surface area (Å²) >= 11 is 1.24. The van der Waals surface area contributed by atoms with E-state index >= 15 is 0 Å². The molecule has 0 saturated carbocycles. The Hall–Kier alpha value is -3.39. The number of carbonyl (C=O) groups excluding carboxylic acids is 2. The number of hydrogen-bond donors (Lipinski definition) is 1. The first-order valence-corrected chi connectivity index (χ1v) is 10.5. The zero-order chi connectivity index (χ0) is 20.9. The highest BCUT2D eigenvalue weighted by Gasteiger charge is 2.23. The van der Waals surface area contributed by atoms with Crippen LogP contribution in [-0.4, -0.2) is 30.1 Å². The van der Waals surface area contributed by atoms with Crippen LogP contribution in [0.5, 0.6) is 10.8 Å². The largest absolute Gasteiger partial charge is 0.462 e. The Morgan fingerprint density at radius 3 is 2.77 bits per heavy atom. The Morgan fingerprint density at radius 2 is 1.97 bits per heavy atom. The molecular formula is C22H21N3O4S. The van der Waals surface area contributed by atoms with Gasteiger partial charge in [-0.2, -0.15) is 0 Å². The van der Waals surface area contributed by atoms with Crippen molar-refractivity contribution in [3.8, 4) is 10.8 Å². The van der Waals surface area contributed by atoms with E-state index in [-0.39, 0.29) is 12.0 Å².